The van der Waals surface area contributed by atoms with Crippen LogP contribution in [0.1, 0.15) is 18.9 Å². The fourth-order valence-electron chi connectivity index (χ4n) is 1.38. The van der Waals surface area contributed by atoms with Gasteiger partial charge in [-0.3, -0.25) is 0 Å². The summed E-state index contributed by atoms with van der Waals surface area (Å²) in [7, 11) is 0. The predicted octanol–water partition coefficient (Wildman–Crippen LogP) is 1.31. The molecule has 1 aromatic rings. The molecule has 1 aromatic carbocycles. The minimum absolute atomic E-state index is 0.0998. The summed E-state index contributed by atoms with van der Waals surface area (Å²) in [6, 6.07) is 4.77. The lowest BCUT2D eigenvalue weighted by Crippen LogP contribution is -2.89. The fraction of sp³-hybridized carbons (Fsp3) is 0.455. The van der Waals surface area contributed by atoms with E-state index in [9.17, 15) is 4.39 Å². The Hall–Kier alpha value is -0.640. The van der Waals surface area contributed by atoms with Crippen LogP contribution in [0.2, 0.25) is 5.02 Å². The molecule has 0 amide bonds. The minimum Gasteiger partial charge on any atom is -0.390 e. The molecule has 0 unspecified atom stereocenters. The smallest absolute Gasteiger partial charge is 0.133 e. The molecule has 4 heteroatoms. The largest absolute Gasteiger partial charge is 0.390 e. The number of hydrogen-bond donors (Lipinski definition) is 2. The van der Waals surface area contributed by atoms with Crippen LogP contribution in [-0.4, -0.2) is 17.8 Å². The van der Waals surface area contributed by atoms with E-state index in [4.69, 9.17) is 16.7 Å². The maximum atomic E-state index is 13.3. The average Bonchev–Trinajstić information content (AvgIpc) is 2.23. The van der Waals surface area contributed by atoms with Crippen LogP contribution in [0.25, 0.3) is 0 Å². The normalized spacial score (nSPS) is 12.8. The van der Waals surface area contributed by atoms with Crippen molar-refractivity contribution in [1.29, 1.82) is 0 Å². The molecule has 15 heavy (non-hydrogen) atoms. The molecule has 0 saturated carbocycles. The highest BCUT2D eigenvalue weighted by Gasteiger charge is 2.12. The summed E-state index contributed by atoms with van der Waals surface area (Å²) in [5.74, 6) is -0.286. The van der Waals surface area contributed by atoms with Crippen molar-refractivity contribution in [2.75, 3.05) is 6.61 Å². The SMILES string of the molecule is CC[C@@H](CO)[NH2+]Cc1c(F)cccc1Cl. The van der Waals surface area contributed by atoms with Crippen LogP contribution in [-0.2, 0) is 6.54 Å². The van der Waals surface area contributed by atoms with Gasteiger partial charge in [0.25, 0.3) is 0 Å². The average molecular weight is 233 g/mol. The maximum Gasteiger partial charge on any atom is 0.133 e. The van der Waals surface area contributed by atoms with Crippen LogP contribution < -0.4 is 5.32 Å². The molecule has 1 atom stereocenters. The second kappa shape index (κ2) is 6.05. The van der Waals surface area contributed by atoms with Crippen molar-refractivity contribution in [3.63, 3.8) is 0 Å². The molecule has 3 N–H and O–H groups in total. The van der Waals surface area contributed by atoms with Crippen LogP contribution in [0.15, 0.2) is 18.2 Å². The molecule has 0 aliphatic carbocycles. The van der Waals surface area contributed by atoms with E-state index in [0.29, 0.717) is 17.1 Å². The van der Waals surface area contributed by atoms with Gasteiger partial charge >= 0.3 is 0 Å². The Morgan fingerprint density at radius 3 is 2.80 bits per heavy atom. The molecule has 0 aromatic heterocycles. The summed E-state index contributed by atoms with van der Waals surface area (Å²) in [5.41, 5.74) is 0.506. The Morgan fingerprint density at radius 2 is 2.27 bits per heavy atom. The lowest BCUT2D eigenvalue weighted by atomic mass is 10.2. The number of rotatable bonds is 5. The van der Waals surface area contributed by atoms with Crippen molar-refractivity contribution in [2.45, 2.75) is 25.9 Å². The van der Waals surface area contributed by atoms with E-state index < -0.39 is 0 Å². The molecule has 0 bridgehead atoms. The lowest BCUT2D eigenvalue weighted by molar-refractivity contribution is -0.706. The molecule has 0 aliphatic heterocycles. The fourth-order valence-corrected chi connectivity index (χ4v) is 1.62. The zero-order chi connectivity index (χ0) is 11.3. The van der Waals surface area contributed by atoms with Gasteiger partial charge in [0.2, 0.25) is 0 Å². The van der Waals surface area contributed by atoms with Gasteiger partial charge < -0.3 is 10.4 Å². The zero-order valence-corrected chi connectivity index (χ0v) is 9.47. The van der Waals surface area contributed by atoms with E-state index >= 15 is 0 Å². The first kappa shape index (κ1) is 12.4. The van der Waals surface area contributed by atoms with Gasteiger partial charge in [0.15, 0.2) is 0 Å². The zero-order valence-electron chi connectivity index (χ0n) is 8.71. The highest BCUT2D eigenvalue weighted by Crippen LogP contribution is 2.17. The van der Waals surface area contributed by atoms with Gasteiger partial charge in [0, 0.05) is 0 Å². The Balaban J connectivity index is 2.64. The van der Waals surface area contributed by atoms with E-state index in [1.165, 1.54) is 6.07 Å². The second-order valence-electron chi connectivity index (χ2n) is 3.49. The lowest BCUT2D eigenvalue weighted by Gasteiger charge is -2.11. The first-order chi connectivity index (χ1) is 7.19. The number of aliphatic hydroxyl groups is 1. The molecule has 0 radical (unpaired) electrons. The van der Waals surface area contributed by atoms with Crippen molar-refractivity contribution in [3.8, 4) is 0 Å². The minimum atomic E-state index is -0.286. The van der Waals surface area contributed by atoms with Gasteiger partial charge in [0.05, 0.1) is 17.2 Å². The second-order valence-corrected chi connectivity index (χ2v) is 3.90. The molecule has 0 spiro atoms. The summed E-state index contributed by atoms with van der Waals surface area (Å²) in [5, 5.41) is 11.3. The topological polar surface area (TPSA) is 36.8 Å². The van der Waals surface area contributed by atoms with Gasteiger partial charge in [-0.1, -0.05) is 24.6 Å². The number of benzene rings is 1. The number of quaternary nitrogens is 1. The van der Waals surface area contributed by atoms with Gasteiger partial charge in [0.1, 0.15) is 18.4 Å². The molecule has 1 rings (SSSR count). The van der Waals surface area contributed by atoms with Gasteiger partial charge in [-0.15, -0.1) is 0 Å². The van der Waals surface area contributed by atoms with Crippen molar-refractivity contribution in [3.05, 3.63) is 34.6 Å². The van der Waals surface area contributed by atoms with Crippen LogP contribution in [0.4, 0.5) is 4.39 Å². The highest BCUT2D eigenvalue weighted by atomic mass is 35.5. The Labute approximate surface area is 94.1 Å². The summed E-state index contributed by atoms with van der Waals surface area (Å²) < 4.78 is 13.3. The van der Waals surface area contributed by atoms with Crippen LogP contribution in [0.5, 0.6) is 0 Å². The van der Waals surface area contributed by atoms with E-state index in [-0.39, 0.29) is 18.5 Å². The Morgan fingerprint density at radius 1 is 1.53 bits per heavy atom. The Kier molecular flexibility index (Phi) is 5.02. The molecule has 0 heterocycles. The summed E-state index contributed by atoms with van der Waals surface area (Å²) in [6.45, 7) is 2.55. The highest BCUT2D eigenvalue weighted by molar-refractivity contribution is 6.31. The number of halogens is 2. The number of nitrogens with two attached hydrogens (primary N) is 1. The quantitative estimate of drug-likeness (QED) is 0.789. The predicted molar refractivity (Wildman–Crippen MR) is 58.2 cm³/mol. The van der Waals surface area contributed by atoms with E-state index in [2.05, 4.69) is 0 Å². The summed E-state index contributed by atoms with van der Waals surface area (Å²) >= 11 is 5.88. The third kappa shape index (κ3) is 3.45. The van der Waals surface area contributed by atoms with Crippen molar-refractivity contribution >= 4 is 11.6 Å². The monoisotopic (exact) mass is 232 g/mol. The van der Waals surface area contributed by atoms with E-state index in [1.54, 1.807) is 12.1 Å². The van der Waals surface area contributed by atoms with Gasteiger partial charge in [-0.25, -0.2) is 4.39 Å². The molecular formula is C11H16ClFNO+. The van der Waals surface area contributed by atoms with Gasteiger partial charge in [-0.2, -0.15) is 0 Å². The third-order valence-electron chi connectivity index (χ3n) is 2.48. The summed E-state index contributed by atoms with van der Waals surface area (Å²) in [6.07, 6.45) is 0.850. The van der Waals surface area contributed by atoms with Crippen molar-refractivity contribution in [1.82, 2.24) is 0 Å². The molecular weight excluding hydrogens is 217 g/mol. The van der Waals surface area contributed by atoms with Crippen molar-refractivity contribution < 1.29 is 14.8 Å². The standard InChI is InChI=1S/C11H15ClFNO/c1-2-8(7-15)14-6-9-10(12)4-3-5-11(9)13/h3-5,8,14-15H,2,6-7H2,1H3/p+1/t8-/m0/s1. The van der Waals surface area contributed by atoms with Crippen LogP contribution in [0.3, 0.4) is 0 Å². The first-order valence-corrected chi connectivity index (χ1v) is 5.43. The van der Waals surface area contributed by atoms with E-state index in [0.717, 1.165) is 6.42 Å². The molecule has 84 valence electrons. The third-order valence-corrected chi connectivity index (χ3v) is 2.83. The molecule has 0 aliphatic rings. The van der Waals surface area contributed by atoms with Crippen LogP contribution >= 0.6 is 11.6 Å². The Bertz CT molecular complexity index is 295. The van der Waals surface area contributed by atoms with Gasteiger partial charge in [-0.05, 0) is 18.6 Å². The molecule has 2 nitrogen and oxygen atoms in total. The molecule has 0 fully saturated rings. The van der Waals surface area contributed by atoms with Crippen LogP contribution in [0, 0.1) is 5.82 Å². The first-order valence-electron chi connectivity index (χ1n) is 5.06. The van der Waals surface area contributed by atoms with E-state index in [1.807, 2.05) is 12.2 Å². The maximum absolute atomic E-state index is 13.3. The number of hydrogen-bond acceptors (Lipinski definition) is 1. The molecule has 0 saturated heterocycles. The number of aliphatic hydroxyl groups excluding tert-OH is 1. The summed E-state index contributed by atoms with van der Waals surface area (Å²) in [4.78, 5) is 0. The van der Waals surface area contributed by atoms with Crippen molar-refractivity contribution in [2.24, 2.45) is 0 Å².